The molecule has 0 saturated heterocycles. The molecule has 0 bridgehead atoms. The Bertz CT molecular complexity index is 580. The highest BCUT2D eigenvalue weighted by Crippen LogP contribution is 2.12. The lowest BCUT2D eigenvalue weighted by atomic mass is 10.1. The van der Waals surface area contributed by atoms with Gasteiger partial charge in [-0.25, -0.2) is 4.79 Å². The van der Waals surface area contributed by atoms with Gasteiger partial charge < -0.3 is 15.2 Å². The molecule has 0 aliphatic carbocycles. The Morgan fingerprint density at radius 1 is 0.794 bits per heavy atom. The van der Waals surface area contributed by atoms with Crippen molar-refractivity contribution in [3.8, 4) is 0 Å². The van der Waals surface area contributed by atoms with Crippen LogP contribution in [0.15, 0.2) is 12.2 Å². The van der Waals surface area contributed by atoms with Crippen LogP contribution in [0.1, 0.15) is 137 Å². The summed E-state index contributed by atoms with van der Waals surface area (Å²) in [5, 5.41) is 11.9. The Balaban J connectivity index is 3.75. The SMILES string of the molecule is CCCCCCCC/C=C\CCCCCCCC(=O)N[C@@H](CCCC(=O)OC(C)(C)C)C(=O)O. The first-order valence-electron chi connectivity index (χ1n) is 13.5. The number of nitrogens with one attached hydrogen (secondary N) is 1. The van der Waals surface area contributed by atoms with Gasteiger partial charge in [0.1, 0.15) is 11.6 Å². The standard InChI is InChI=1S/C28H51NO5/c1-5-6-7-8-9-10-11-12-13-14-15-16-17-18-19-22-25(30)29-24(27(32)33)21-20-23-26(31)34-28(2,3)4/h12-13,24H,5-11,14-23H2,1-4H3,(H,29,30)(H,32,33)/b13-12-/t24-/m0/s1. The molecule has 198 valence electrons. The van der Waals surface area contributed by atoms with Crippen LogP contribution in [0, 0.1) is 0 Å². The van der Waals surface area contributed by atoms with Crippen LogP contribution in [-0.2, 0) is 19.1 Å². The van der Waals surface area contributed by atoms with E-state index in [0.717, 1.165) is 32.1 Å². The molecule has 2 N–H and O–H groups in total. The van der Waals surface area contributed by atoms with Crippen LogP contribution in [0.5, 0.6) is 0 Å². The third-order valence-electron chi connectivity index (χ3n) is 5.59. The number of esters is 1. The molecule has 0 fully saturated rings. The number of carboxylic acid groups (broad SMARTS) is 1. The number of aliphatic carboxylic acids is 1. The molecule has 0 aliphatic rings. The van der Waals surface area contributed by atoms with E-state index >= 15 is 0 Å². The maximum atomic E-state index is 12.1. The number of hydrogen-bond acceptors (Lipinski definition) is 4. The van der Waals surface area contributed by atoms with Crippen molar-refractivity contribution < 1.29 is 24.2 Å². The van der Waals surface area contributed by atoms with Gasteiger partial charge in [-0.2, -0.15) is 0 Å². The molecular formula is C28H51NO5. The molecule has 0 aliphatic heterocycles. The van der Waals surface area contributed by atoms with Crippen LogP contribution in [-0.4, -0.2) is 34.6 Å². The van der Waals surface area contributed by atoms with Crippen LogP contribution in [0.4, 0.5) is 0 Å². The number of carboxylic acids is 1. The van der Waals surface area contributed by atoms with Crippen molar-refractivity contribution in [1.29, 1.82) is 0 Å². The average Bonchev–Trinajstić information content (AvgIpc) is 2.74. The van der Waals surface area contributed by atoms with Gasteiger partial charge in [0, 0.05) is 12.8 Å². The van der Waals surface area contributed by atoms with Crippen molar-refractivity contribution >= 4 is 17.8 Å². The number of amides is 1. The van der Waals surface area contributed by atoms with E-state index in [2.05, 4.69) is 24.4 Å². The molecule has 0 spiro atoms. The molecule has 0 aromatic rings. The predicted molar refractivity (Wildman–Crippen MR) is 139 cm³/mol. The highest BCUT2D eigenvalue weighted by atomic mass is 16.6. The third-order valence-corrected chi connectivity index (χ3v) is 5.59. The summed E-state index contributed by atoms with van der Waals surface area (Å²) < 4.78 is 5.22. The van der Waals surface area contributed by atoms with E-state index in [1.54, 1.807) is 20.8 Å². The minimum Gasteiger partial charge on any atom is -0.480 e. The molecule has 34 heavy (non-hydrogen) atoms. The quantitative estimate of drug-likeness (QED) is 0.104. The molecule has 0 saturated carbocycles. The van der Waals surface area contributed by atoms with Gasteiger partial charge in [-0.3, -0.25) is 9.59 Å². The minimum atomic E-state index is -1.07. The van der Waals surface area contributed by atoms with Crippen molar-refractivity contribution in [2.75, 3.05) is 0 Å². The first-order chi connectivity index (χ1) is 16.2. The van der Waals surface area contributed by atoms with Gasteiger partial charge in [-0.15, -0.1) is 0 Å². The fourth-order valence-corrected chi connectivity index (χ4v) is 3.72. The van der Waals surface area contributed by atoms with Crippen LogP contribution in [0.2, 0.25) is 0 Å². The van der Waals surface area contributed by atoms with E-state index < -0.39 is 17.6 Å². The summed E-state index contributed by atoms with van der Waals surface area (Å²) in [5.41, 5.74) is -0.554. The zero-order valence-corrected chi connectivity index (χ0v) is 22.3. The van der Waals surface area contributed by atoms with Gasteiger partial charge in [0.05, 0.1) is 0 Å². The molecule has 0 radical (unpaired) electrons. The lowest BCUT2D eigenvalue weighted by Gasteiger charge is -2.20. The number of unbranched alkanes of at least 4 members (excludes halogenated alkanes) is 11. The zero-order valence-electron chi connectivity index (χ0n) is 22.3. The lowest BCUT2D eigenvalue weighted by molar-refractivity contribution is -0.155. The molecule has 0 rings (SSSR count). The van der Waals surface area contributed by atoms with Gasteiger partial charge in [-0.05, 0) is 65.7 Å². The lowest BCUT2D eigenvalue weighted by Crippen LogP contribution is -2.40. The second kappa shape index (κ2) is 20.5. The smallest absolute Gasteiger partial charge is 0.326 e. The summed E-state index contributed by atoms with van der Waals surface area (Å²) in [4.78, 5) is 35.3. The number of hydrogen-bond donors (Lipinski definition) is 2. The van der Waals surface area contributed by atoms with E-state index in [-0.39, 0.29) is 24.7 Å². The summed E-state index contributed by atoms with van der Waals surface area (Å²) in [7, 11) is 0. The Morgan fingerprint density at radius 2 is 1.32 bits per heavy atom. The van der Waals surface area contributed by atoms with E-state index in [1.165, 1.54) is 51.4 Å². The molecular weight excluding hydrogens is 430 g/mol. The molecule has 6 heteroatoms. The third kappa shape index (κ3) is 22.0. The van der Waals surface area contributed by atoms with Crippen LogP contribution < -0.4 is 5.32 Å². The molecule has 1 atom stereocenters. The summed E-state index contributed by atoms with van der Waals surface area (Å²) >= 11 is 0. The van der Waals surface area contributed by atoms with Crippen molar-refractivity contribution in [3.05, 3.63) is 12.2 Å². The molecule has 1 amide bonds. The topological polar surface area (TPSA) is 92.7 Å². The Morgan fingerprint density at radius 3 is 1.85 bits per heavy atom. The molecule has 0 aromatic heterocycles. The van der Waals surface area contributed by atoms with Gasteiger partial charge >= 0.3 is 11.9 Å². The first kappa shape index (κ1) is 32.1. The first-order valence-corrected chi connectivity index (χ1v) is 13.5. The molecule has 0 unspecified atom stereocenters. The van der Waals surface area contributed by atoms with Crippen molar-refractivity contribution in [2.45, 2.75) is 148 Å². The highest BCUT2D eigenvalue weighted by Gasteiger charge is 2.21. The van der Waals surface area contributed by atoms with Crippen molar-refractivity contribution in [1.82, 2.24) is 5.32 Å². The Labute approximate surface area is 208 Å². The normalized spacial score (nSPS) is 12.6. The molecule has 0 heterocycles. The molecule has 6 nitrogen and oxygen atoms in total. The second-order valence-electron chi connectivity index (χ2n) is 10.3. The minimum absolute atomic E-state index is 0.144. The van der Waals surface area contributed by atoms with E-state index in [1.807, 2.05) is 0 Å². The number of carbonyl (C=O) groups is 3. The zero-order chi connectivity index (χ0) is 25.7. The predicted octanol–water partition coefficient (Wildman–Crippen LogP) is 7.11. The fourth-order valence-electron chi connectivity index (χ4n) is 3.72. The van der Waals surface area contributed by atoms with Crippen molar-refractivity contribution in [3.63, 3.8) is 0 Å². The van der Waals surface area contributed by atoms with E-state index in [9.17, 15) is 19.5 Å². The summed E-state index contributed by atoms with van der Waals surface area (Å²) in [6.45, 7) is 7.62. The number of rotatable bonds is 21. The van der Waals surface area contributed by atoms with Gasteiger partial charge in [0.25, 0.3) is 0 Å². The fraction of sp³-hybridized carbons (Fsp3) is 0.821. The monoisotopic (exact) mass is 481 g/mol. The summed E-state index contributed by atoms with van der Waals surface area (Å²) in [6.07, 6.45) is 21.2. The average molecular weight is 482 g/mol. The summed E-state index contributed by atoms with van der Waals surface area (Å²) in [6, 6.07) is -0.960. The summed E-state index contributed by atoms with van der Waals surface area (Å²) in [5.74, 6) is -1.65. The maximum Gasteiger partial charge on any atom is 0.326 e. The number of allylic oxidation sites excluding steroid dienone is 2. The van der Waals surface area contributed by atoms with E-state index in [4.69, 9.17) is 4.74 Å². The second-order valence-corrected chi connectivity index (χ2v) is 10.3. The highest BCUT2D eigenvalue weighted by molar-refractivity contribution is 5.83. The van der Waals surface area contributed by atoms with Gasteiger partial charge in [-0.1, -0.05) is 70.4 Å². The Hall–Kier alpha value is -1.85. The van der Waals surface area contributed by atoms with E-state index in [0.29, 0.717) is 12.8 Å². The number of ether oxygens (including phenoxy) is 1. The maximum absolute atomic E-state index is 12.1. The van der Waals surface area contributed by atoms with Gasteiger partial charge in [0.2, 0.25) is 5.91 Å². The van der Waals surface area contributed by atoms with Crippen LogP contribution in [0.3, 0.4) is 0 Å². The largest absolute Gasteiger partial charge is 0.480 e. The Kier molecular flexibility index (Phi) is 19.4. The number of carbonyl (C=O) groups excluding carboxylic acids is 2. The van der Waals surface area contributed by atoms with Crippen molar-refractivity contribution in [2.24, 2.45) is 0 Å². The van der Waals surface area contributed by atoms with Gasteiger partial charge in [0.15, 0.2) is 0 Å². The van der Waals surface area contributed by atoms with Crippen LogP contribution in [0.25, 0.3) is 0 Å². The van der Waals surface area contributed by atoms with Crippen LogP contribution >= 0.6 is 0 Å². The molecule has 0 aromatic carbocycles.